The Morgan fingerprint density at radius 2 is 1.21 bits per heavy atom. The summed E-state index contributed by atoms with van der Waals surface area (Å²) in [6.07, 6.45) is 0.674. The van der Waals surface area contributed by atoms with Gasteiger partial charge in [-0.1, -0.05) is 91.0 Å². The molecule has 1 saturated heterocycles. The van der Waals surface area contributed by atoms with Gasteiger partial charge in [0.15, 0.2) is 17.7 Å². The van der Waals surface area contributed by atoms with Crippen LogP contribution in [0.5, 0.6) is 0 Å². The normalized spacial score (nSPS) is 21.6. The second-order valence-electron chi connectivity index (χ2n) is 9.09. The van der Waals surface area contributed by atoms with Gasteiger partial charge in [-0.3, -0.25) is 4.79 Å². The Morgan fingerprint density at radius 1 is 0.758 bits per heavy atom. The number of ketones is 1. The van der Waals surface area contributed by atoms with Crippen LogP contribution in [0.15, 0.2) is 103 Å². The van der Waals surface area contributed by atoms with Crippen molar-refractivity contribution in [2.45, 2.75) is 37.3 Å². The smallest absolute Gasteiger partial charge is 0.187 e. The Hall–Kier alpha value is -3.05. The largest absolute Gasteiger partial charge is 0.375 e. The lowest BCUT2D eigenvalue weighted by Crippen LogP contribution is -2.35. The van der Waals surface area contributed by atoms with E-state index in [1.165, 1.54) is 0 Å². The van der Waals surface area contributed by atoms with Crippen molar-refractivity contribution in [1.82, 2.24) is 0 Å². The summed E-state index contributed by atoms with van der Waals surface area (Å²) >= 11 is 0. The Morgan fingerprint density at radius 3 is 1.70 bits per heavy atom. The lowest BCUT2D eigenvalue weighted by molar-refractivity contribution is -0.153. The van der Waals surface area contributed by atoms with E-state index in [4.69, 9.17) is 14.2 Å². The molecule has 1 aliphatic carbocycles. The number of carbonyl (C=O) groups is 1. The maximum absolute atomic E-state index is 12.4. The standard InChI is InChI=1S/C29H28O4/c1-28(2)32-26-21(18-25(30)27(26)33-28)19-31-20-29(22-12-6-3-7-13-22,23-14-8-4-9-15-23)24-16-10-5-11-17-24/h3-18,26-27H,19-20H2,1-2H3/t26-,27+/m1/s1. The van der Waals surface area contributed by atoms with Crippen molar-refractivity contribution in [3.05, 3.63) is 119 Å². The van der Waals surface area contributed by atoms with E-state index in [0.29, 0.717) is 13.2 Å². The van der Waals surface area contributed by atoms with Gasteiger partial charge in [0, 0.05) is 0 Å². The van der Waals surface area contributed by atoms with Gasteiger partial charge in [-0.2, -0.15) is 0 Å². The Bertz CT molecular complexity index is 1040. The lowest BCUT2D eigenvalue weighted by atomic mass is 9.70. The van der Waals surface area contributed by atoms with Crippen LogP contribution in [0.2, 0.25) is 0 Å². The fourth-order valence-electron chi connectivity index (χ4n) is 4.95. The van der Waals surface area contributed by atoms with Crippen LogP contribution < -0.4 is 0 Å². The van der Waals surface area contributed by atoms with Crippen LogP contribution >= 0.6 is 0 Å². The average molecular weight is 441 g/mol. The third-order valence-electron chi connectivity index (χ3n) is 6.46. The van der Waals surface area contributed by atoms with Crippen LogP contribution in [-0.4, -0.2) is 37.0 Å². The summed E-state index contributed by atoms with van der Waals surface area (Å²) in [6.45, 7) is 4.39. The van der Waals surface area contributed by atoms with Gasteiger partial charge in [0.2, 0.25) is 0 Å². The fraction of sp³-hybridized carbons (Fsp3) is 0.276. The first kappa shape index (κ1) is 21.8. The summed E-state index contributed by atoms with van der Waals surface area (Å²) in [5.74, 6) is -0.823. The van der Waals surface area contributed by atoms with Crippen molar-refractivity contribution in [3.8, 4) is 0 Å². The second kappa shape index (κ2) is 8.71. The van der Waals surface area contributed by atoms with E-state index in [1.54, 1.807) is 6.08 Å². The molecule has 0 N–H and O–H groups in total. The van der Waals surface area contributed by atoms with Gasteiger partial charge < -0.3 is 14.2 Å². The molecule has 3 aromatic rings. The SMILES string of the molecule is CC1(C)O[C@@H]2C(COCC(c3ccccc3)(c3ccccc3)c3ccccc3)=CC(=O)[C@@H]2O1. The van der Waals surface area contributed by atoms with Gasteiger partial charge >= 0.3 is 0 Å². The number of ether oxygens (including phenoxy) is 3. The summed E-state index contributed by atoms with van der Waals surface area (Å²) in [4.78, 5) is 12.4. The average Bonchev–Trinajstić information content (AvgIpc) is 3.31. The third-order valence-corrected chi connectivity index (χ3v) is 6.46. The maximum Gasteiger partial charge on any atom is 0.187 e. The highest BCUT2D eigenvalue weighted by atomic mass is 16.8. The molecule has 1 fully saturated rings. The van der Waals surface area contributed by atoms with Crippen LogP contribution in [0.3, 0.4) is 0 Å². The van der Waals surface area contributed by atoms with Crippen molar-refractivity contribution >= 4 is 5.78 Å². The summed E-state index contributed by atoms with van der Waals surface area (Å²) < 4.78 is 18.2. The Labute approximate surface area is 194 Å². The predicted molar refractivity (Wildman–Crippen MR) is 127 cm³/mol. The molecule has 0 unspecified atom stereocenters. The second-order valence-corrected chi connectivity index (χ2v) is 9.09. The molecular formula is C29H28O4. The number of benzene rings is 3. The third kappa shape index (κ3) is 4.06. The highest BCUT2D eigenvalue weighted by Gasteiger charge is 2.49. The molecule has 5 rings (SSSR count). The first-order chi connectivity index (χ1) is 16.0. The van der Waals surface area contributed by atoms with E-state index in [2.05, 4.69) is 72.8 Å². The zero-order valence-electron chi connectivity index (χ0n) is 18.9. The van der Waals surface area contributed by atoms with Crippen LogP contribution in [0, 0.1) is 0 Å². The fourth-order valence-corrected chi connectivity index (χ4v) is 4.95. The summed E-state index contributed by atoms with van der Waals surface area (Å²) in [6, 6.07) is 31.3. The molecule has 2 atom stereocenters. The van der Waals surface area contributed by atoms with Gasteiger partial charge in [0.25, 0.3) is 0 Å². The number of hydrogen-bond acceptors (Lipinski definition) is 4. The van der Waals surface area contributed by atoms with Gasteiger partial charge in [-0.05, 0) is 42.2 Å². The van der Waals surface area contributed by atoms with Gasteiger partial charge in [0.05, 0.1) is 18.6 Å². The van der Waals surface area contributed by atoms with E-state index >= 15 is 0 Å². The molecule has 0 radical (unpaired) electrons. The topological polar surface area (TPSA) is 44.8 Å². The molecule has 4 heteroatoms. The van der Waals surface area contributed by atoms with E-state index in [1.807, 2.05) is 32.0 Å². The molecule has 0 spiro atoms. The summed E-state index contributed by atoms with van der Waals surface area (Å²) in [5.41, 5.74) is 3.78. The minimum atomic E-state index is -0.771. The van der Waals surface area contributed by atoms with Gasteiger partial charge in [-0.25, -0.2) is 0 Å². The van der Waals surface area contributed by atoms with Crippen LogP contribution in [0.4, 0.5) is 0 Å². The molecule has 1 heterocycles. The first-order valence-electron chi connectivity index (χ1n) is 11.3. The maximum atomic E-state index is 12.4. The quantitative estimate of drug-likeness (QED) is 0.482. The monoisotopic (exact) mass is 440 g/mol. The molecule has 4 nitrogen and oxygen atoms in total. The zero-order chi connectivity index (χ0) is 22.9. The predicted octanol–water partition coefficient (Wildman–Crippen LogP) is 5.07. The molecule has 168 valence electrons. The molecule has 0 amide bonds. The molecule has 0 aromatic heterocycles. The van der Waals surface area contributed by atoms with Crippen molar-refractivity contribution in [1.29, 1.82) is 0 Å². The van der Waals surface area contributed by atoms with Crippen molar-refractivity contribution in [2.75, 3.05) is 13.2 Å². The number of carbonyl (C=O) groups excluding carboxylic acids is 1. The van der Waals surface area contributed by atoms with Crippen molar-refractivity contribution < 1.29 is 19.0 Å². The number of hydrogen-bond donors (Lipinski definition) is 0. The van der Waals surface area contributed by atoms with Crippen LogP contribution in [0.25, 0.3) is 0 Å². The molecule has 1 aliphatic heterocycles. The highest BCUT2D eigenvalue weighted by Crippen LogP contribution is 2.41. The first-order valence-corrected chi connectivity index (χ1v) is 11.3. The highest BCUT2D eigenvalue weighted by molar-refractivity contribution is 5.98. The molecule has 3 aromatic carbocycles. The zero-order valence-corrected chi connectivity index (χ0v) is 18.9. The molecule has 0 bridgehead atoms. The van der Waals surface area contributed by atoms with E-state index in [0.717, 1.165) is 22.3 Å². The van der Waals surface area contributed by atoms with Crippen molar-refractivity contribution in [3.63, 3.8) is 0 Å². The molecular weight excluding hydrogens is 412 g/mol. The van der Waals surface area contributed by atoms with Crippen LogP contribution in [-0.2, 0) is 24.4 Å². The van der Waals surface area contributed by atoms with Crippen molar-refractivity contribution in [2.24, 2.45) is 0 Å². The minimum absolute atomic E-state index is 0.0513. The molecule has 0 saturated carbocycles. The summed E-state index contributed by atoms with van der Waals surface area (Å²) in [5, 5.41) is 0. The molecule has 33 heavy (non-hydrogen) atoms. The van der Waals surface area contributed by atoms with Gasteiger partial charge in [0.1, 0.15) is 6.10 Å². The lowest BCUT2D eigenvalue weighted by Gasteiger charge is -2.36. The summed E-state index contributed by atoms with van der Waals surface area (Å²) in [7, 11) is 0. The Balaban J connectivity index is 1.49. The van der Waals surface area contributed by atoms with E-state index < -0.39 is 17.3 Å². The van der Waals surface area contributed by atoms with Gasteiger partial charge in [-0.15, -0.1) is 0 Å². The van der Waals surface area contributed by atoms with E-state index in [9.17, 15) is 4.79 Å². The molecule has 2 aliphatic rings. The van der Waals surface area contributed by atoms with Crippen LogP contribution in [0.1, 0.15) is 30.5 Å². The van der Waals surface area contributed by atoms with E-state index in [-0.39, 0.29) is 11.9 Å². The number of rotatable bonds is 7. The number of fused-ring (bicyclic) bond motifs is 1. The minimum Gasteiger partial charge on any atom is -0.375 e. The Kier molecular flexibility index (Phi) is 5.75.